The maximum absolute atomic E-state index is 4.95. The molecule has 0 amide bonds. The molecule has 1 aliphatic heterocycles. The SMILES string of the molecule is c1ccc(CC2(Nc3nc(-c4ccncc4)nc4c3CCNC4)CC2)cc1. The zero-order chi connectivity index (χ0) is 18.1. The number of aromatic nitrogens is 3. The maximum atomic E-state index is 4.95. The summed E-state index contributed by atoms with van der Waals surface area (Å²) < 4.78 is 0. The highest BCUT2D eigenvalue weighted by Crippen LogP contribution is 2.42. The Kier molecular flexibility index (Phi) is 4.09. The first-order valence-electron chi connectivity index (χ1n) is 9.64. The van der Waals surface area contributed by atoms with Crippen molar-refractivity contribution in [1.82, 2.24) is 20.3 Å². The Morgan fingerprint density at radius 1 is 1.00 bits per heavy atom. The smallest absolute Gasteiger partial charge is 0.161 e. The monoisotopic (exact) mass is 357 g/mol. The molecule has 136 valence electrons. The molecule has 1 aromatic carbocycles. The normalized spacial score (nSPS) is 17.2. The van der Waals surface area contributed by atoms with E-state index in [0.29, 0.717) is 0 Å². The van der Waals surface area contributed by atoms with Crippen molar-refractivity contribution >= 4 is 5.82 Å². The van der Waals surface area contributed by atoms with E-state index in [1.807, 2.05) is 12.1 Å². The average Bonchev–Trinajstić information content (AvgIpc) is 3.48. The summed E-state index contributed by atoms with van der Waals surface area (Å²) in [7, 11) is 0. The van der Waals surface area contributed by atoms with Crippen molar-refractivity contribution in [3.8, 4) is 11.4 Å². The van der Waals surface area contributed by atoms with Crippen LogP contribution in [-0.4, -0.2) is 27.0 Å². The number of fused-ring (bicyclic) bond motifs is 1. The van der Waals surface area contributed by atoms with E-state index in [9.17, 15) is 0 Å². The topological polar surface area (TPSA) is 62.7 Å². The van der Waals surface area contributed by atoms with Crippen LogP contribution in [0.5, 0.6) is 0 Å². The van der Waals surface area contributed by atoms with Gasteiger partial charge in [0.25, 0.3) is 0 Å². The summed E-state index contributed by atoms with van der Waals surface area (Å²) in [4.78, 5) is 13.9. The molecule has 0 atom stereocenters. The number of hydrogen-bond acceptors (Lipinski definition) is 5. The van der Waals surface area contributed by atoms with Gasteiger partial charge in [0.15, 0.2) is 5.82 Å². The Balaban J connectivity index is 1.49. The fourth-order valence-electron chi connectivity index (χ4n) is 3.83. The van der Waals surface area contributed by atoms with Crippen LogP contribution in [0.3, 0.4) is 0 Å². The van der Waals surface area contributed by atoms with E-state index in [4.69, 9.17) is 9.97 Å². The van der Waals surface area contributed by atoms with Gasteiger partial charge in [0, 0.05) is 35.6 Å². The average molecular weight is 357 g/mol. The van der Waals surface area contributed by atoms with Crippen molar-refractivity contribution in [3.05, 3.63) is 71.7 Å². The van der Waals surface area contributed by atoms with Gasteiger partial charge in [-0.05, 0) is 49.9 Å². The highest BCUT2D eigenvalue weighted by Gasteiger charge is 2.43. The number of nitrogens with zero attached hydrogens (tertiary/aromatic N) is 3. The van der Waals surface area contributed by atoms with Crippen molar-refractivity contribution in [2.75, 3.05) is 11.9 Å². The standard InChI is InChI=1S/C22H23N5/c1-2-4-16(5-3-1)14-22(9-10-22)27-21-18-8-13-24-15-19(18)25-20(26-21)17-6-11-23-12-7-17/h1-7,11-12,24H,8-10,13-15H2,(H,25,26,27). The van der Waals surface area contributed by atoms with Gasteiger partial charge < -0.3 is 10.6 Å². The summed E-state index contributed by atoms with van der Waals surface area (Å²) in [6.07, 6.45) is 7.96. The van der Waals surface area contributed by atoms with Gasteiger partial charge in [0.1, 0.15) is 5.82 Å². The molecule has 2 aromatic heterocycles. The molecule has 3 aromatic rings. The van der Waals surface area contributed by atoms with Crippen molar-refractivity contribution in [1.29, 1.82) is 0 Å². The van der Waals surface area contributed by atoms with Crippen LogP contribution in [-0.2, 0) is 19.4 Å². The van der Waals surface area contributed by atoms with Crippen LogP contribution in [0.2, 0.25) is 0 Å². The minimum absolute atomic E-state index is 0.129. The number of hydrogen-bond donors (Lipinski definition) is 2. The van der Waals surface area contributed by atoms with Crippen molar-refractivity contribution < 1.29 is 0 Å². The first-order chi connectivity index (χ1) is 13.3. The van der Waals surface area contributed by atoms with Gasteiger partial charge in [0.05, 0.1) is 5.69 Å². The van der Waals surface area contributed by atoms with E-state index >= 15 is 0 Å². The van der Waals surface area contributed by atoms with E-state index in [0.717, 1.165) is 48.8 Å². The summed E-state index contributed by atoms with van der Waals surface area (Å²) in [5.74, 6) is 1.79. The summed E-state index contributed by atoms with van der Waals surface area (Å²) in [6, 6.07) is 14.7. The molecular weight excluding hydrogens is 334 g/mol. The lowest BCUT2D eigenvalue weighted by molar-refractivity contribution is 0.621. The minimum atomic E-state index is 0.129. The Labute approximate surface area is 159 Å². The molecule has 0 bridgehead atoms. The number of pyridine rings is 1. The first-order valence-corrected chi connectivity index (χ1v) is 9.64. The highest BCUT2D eigenvalue weighted by molar-refractivity contribution is 5.61. The Morgan fingerprint density at radius 2 is 1.81 bits per heavy atom. The molecule has 3 heterocycles. The zero-order valence-corrected chi connectivity index (χ0v) is 15.3. The lowest BCUT2D eigenvalue weighted by Gasteiger charge is -2.25. The van der Waals surface area contributed by atoms with Gasteiger partial charge in [0.2, 0.25) is 0 Å². The van der Waals surface area contributed by atoms with Gasteiger partial charge in [-0.1, -0.05) is 30.3 Å². The van der Waals surface area contributed by atoms with Crippen molar-refractivity contribution in [3.63, 3.8) is 0 Å². The van der Waals surface area contributed by atoms with E-state index in [1.54, 1.807) is 12.4 Å². The van der Waals surface area contributed by atoms with Crippen LogP contribution >= 0.6 is 0 Å². The lowest BCUT2D eigenvalue weighted by atomic mass is 10.0. The Morgan fingerprint density at radius 3 is 2.59 bits per heavy atom. The Bertz CT molecular complexity index is 936. The van der Waals surface area contributed by atoms with Gasteiger partial charge in [-0.3, -0.25) is 4.98 Å². The number of benzene rings is 1. The van der Waals surface area contributed by atoms with Crippen molar-refractivity contribution in [2.24, 2.45) is 0 Å². The predicted molar refractivity (Wildman–Crippen MR) is 106 cm³/mol. The number of nitrogens with one attached hydrogen (secondary N) is 2. The largest absolute Gasteiger partial charge is 0.364 e. The van der Waals surface area contributed by atoms with Gasteiger partial charge in [-0.15, -0.1) is 0 Å². The number of rotatable bonds is 5. The second kappa shape index (κ2) is 6.74. The highest BCUT2D eigenvalue weighted by atomic mass is 15.1. The molecule has 5 rings (SSSR count). The van der Waals surface area contributed by atoms with Crippen LogP contribution in [0.4, 0.5) is 5.82 Å². The fraction of sp³-hybridized carbons (Fsp3) is 0.318. The Hall–Kier alpha value is -2.79. The molecule has 2 N–H and O–H groups in total. The third-order valence-corrected chi connectivity index (χ3v) is 5.50. The molecule has 5 nitrogen and oxygen atoms in total. The summed E-state index contributed by atoms with van der Waals surface area (Å²) in [5.41, 5.74) is 4.90. The van der Waals surface area contributed by atoms with Crippen LogP contribution in [0.25, 0.3) is 11.4 Å². The van der Waals surface area contributed by atoms with E-state index in [1.165, 1.54) is 24.0 Å². The number of anilines is 1. The molecule has 0 unspecified atom stereocenters. The lowest BCUT2D eigenvalue weighted by Crippen LogP contribution is -2.30. The summed E-state index contributed by atoms with van der Waals surface area (Å²) in [5, 5.41) is 7.26. The van der Waals surface area contributed by atoms with Crippen LogP contribution in [0, 0.1) is 0 Å². The molecule has 2 aliphatic rings. The predicted octanol–water partition coefficient (Wildman–Crippen LogP) is 3.37. The molecule has 5 heteroatoms. The quantitative estimate of drug-likeness (QED) is 0.733. The molecule has 0 radical (unpaired) electrons. The van der Waals surface area contributed by atoms with Gasteiger partial charge in [-0.2, -0.15) is 0 Å². The van der Waals surface area contributed by atoms with E-state index in [2.05, 4.69) is 45.9 Å². The fourth-order valence-corrected chi connectivity index (χ4v) is 3.83. The van der Waals surface area contributed by atoms with Gasteiger partial charge >= 0.3 is 0 Å². The van der Waals surface area contributed by atoms with E-state index < -0.39 is 0 Å². The van der Waals surface area contributed by atoms with Crippen molar-refractivity contribution in [2.45, 2.75) is 37.8 Å². The zero-order valence-electron chi connectivity index (χ0n) is 15.3. The molecule has 0 saturated heterocycles. The van der Waals surface area contributed by atoms with E-state index in [-0.39, 0.29) is 5.54 Å². The molecule has 1 fully saturated rings. The molecule has 1 saturated carbocycles. The van der Waals surface area contributed by atoms with Crippen LogP contribution in [0.1, 0.15) is 29.7 Å². The molecular formula is C22H23N5. The van der Waals surface area contributed by atoms with Gasteiger partial charge in [-0.25, -0.2) is 9.97 Å². The molecule has 0 spiro atoms. The minimum Gasteiger partial charge on any atom is -0.364 e. The second-order valence-electron chi connectivity index (χ2n) is 7.55. The molecule has 1 aliphatic carbocycles. The van der Waals surface area contributed by atoms with Crippen LogP contribution < -0.4 is 10.6 Å². The molecule has 27 heavy (non-hydrogen) atoms. The maximum Gasteiger partial charge on any atom is 0.161 e. The summed E-state index contributed by atoms with van der Waals surface area (Å²) >= 11 is 0. The van der Waals surface area contributed by atoms with Crippen LogP contribution in [0.15, 0.2) is 54.9 Å². The second-order valence-corrected chi connectivity index (χ2v) is 7.55. The third-order valence-electron chi connectivity index (χ3n) is 5.50. The first kappa shape index (κ1) is 16.4. The third kappa shape index (κ3) is 3.43. The summed E-state index contributed by atoms with van der Waals surface area (Å²) in [6.45, 7) is 1.78.